The fourth-order valence-electron chi connectivity index (χ4n) is 2.28. The molecule has 0 unspecified atom stereocenters. The molecule has 1 aliphatic heterocycles. The molecule has 110 valence electrons. The molecule has 0 spiro atoms. The van der Waals surface area contributed by atoms with Crippen LogP contribution in [-0.4, -0.2) is 49.3 Å². The molecule has 2 N–H and O–H groups in total. The van der Waals surface area contributed by atoms with Gasteiger partial charge in [0.15, 0.2) is 5.96 Å². The Kier molecular flexibility index (Phi) is 4.79. The molecule has 0 atom stereocenters. The van der Waals surface area contributed by atoms with Crippen molar-refractivity contribution in [2.24, 2.45) is 10.7 Å². The molecule has 1 aliphatic rings. The Morgan fingerprint density at radius 2 is 2.15 bits per heavy atom. The highest BCUT2D eigenvalue weighted by atomic mass is 16.5. The van der Waals surface area contributed by atoms with Crippen LogP contribution in [0.5, 0.6) is 5.75 Å². The van der Waals surface area contributed by atoms with Gasteiger partial charge in [0.25, 0.3) is 0 Å². The highest BCUT2D eigenvalue weighted by molar-refractivity contribution is 5.78. The van der Waals surface area contributed by atoms with E-state index < -0.39 is 0 Å². The second-order valence-corrected chi connectivity index (χ2v) is 4.82. The Balaban J connectivity index is 2.10. The minimum atomic E-state index is 0.464. The number of methoxy groups -OCH3 is 1. The quantitative estimate of drug-likeness (QED) is 0.655. The van der Waals surface area contributed by atoms with E-state index in [1.807, 2.05) is 24.9 Å². The Hall–Kier alpha value is -1.82. The van der Waals surface area contributed by atoms with E-state index in [-0.39, 0.29) is 0 Å². The average molecular weight is 278 g/mol. The molecule has 0 saturated carbocycles. The van der Waals surface area contributed by atoms with Gasteiger partial charge in [-0.25, -0.2) is 4.99 Å². The summed E-state index contributed by atoms with van der Waals surface area (Å²) in [6, 6.07) is 0. The van der Waals surface area contributed by atoms with Crippen molar-refractivity contribution in [1.82, 2.24) is 9.88 Å². The Bertz CT molecular complexity index is 496. The number of pyridine rings is 1. The predicted octanol–water partition coefficient (Wildman–Crippen LogP) is 0.854. The molecule has 0 radical (unpaired) electrons. The van der Waals surface area contributed by atoms with Gasteiger partial charge in [0.2, 0.25) is 0 Å². The van der Waals surface area contributed by atoms with Gasteiger partial charge in [-0.15, -0.1) is 0 Å². The van der Waals surface area contributed by atoms with Crippen molar-refractivity contribution < 1.29 is 9.47 Å². The summed E-state index contributed by atoms with van der Waals surface area (Å²) >= 11 is 0. The second-order valence-electron chi connectivity index (χ2n) is 4.82. The number of nitrogens with zero attached hydrogens (tertiary/aromatic N) is 3. The van der Waals surface area contributed by atoms with Gasteiger partial charge in [0.1, 0.15) is 5.75 Å². The molecule has 2 rings (SSSR count). The van der Waals surface area contributed by atoms with Crippen LogP contribution in [0.25, 0.3) is 0 Å². The Morgan fingerprint density at radius 3 is 2.80 bits per heavy atom. The molecule has 0 bridgehead atoms. The number of guanidine groups is 1. The number of rotatable bonds is 3. The van der Waals surface area contributed by atoms with Crippen molar-refractivity contribution in [3.63, 3.8) is 0 Å². The number of ether oxygens (including phenoxy) is 2. The lowest BCUT2D eigenvalue weighted by molar-refractivity contribution is 0.0674. The number of morpholine rings is 1. The molecule has 0 aromatic carbocycles. The zero-order valence-corrected chi connectivity index (χ0v) is 12.3. The lowest BCUT2D eigenvalue weighted by Gasteiger charge is -2.27. The highest BCUT2D eigenvalue weighted by Crippen LogP contribution is 2.24. The van der Waals surface area contributed by atoms with Gasteiger partial charge in [0.05, 0.1) is 32.6 Å². The van der Waals surface area contributed by atoms with Crippen LogP contribution in [0, 0.1) is 13.8 Å². The molecule has 0 aliphatic carbocycles. The first-order valence-electron chi connectivity index (χ1n) is 6.75. The lowest BCUT2D eigenvalue weighted by atomic mass is 10.1. The fourth-order valence-corrected chi connectivity index (χ4v) is 2.28. The normalized spacial score (nSPS) is 16.4. The average Bonchev–Trinajstić information content (AvgIpc) is 2.47. The summed E-state index contributed by atoms with van der Waals surface area (Å²) in [4.78, 5) is 10.9. The van der Waals surface area contributed by atoms with E-state index in [2.05, 4.69) is 9.98 Å². The molecule has 6 nitrogen and oxygen atoms in total. The van der Waals surface area contributed by atoms with Crippen molar-refractivity contribution in [2.75, 3.05) is 33.4 Å². The number of hydrogen-bond donors (Lipinski definition) is 1. The lowest BCUT2D eigenvalue weighted by Crippen LogP contribution is -2.44. The van der Waals surface area contributed by atoms with E-state index in [4.69, 9.17) is 15.2 Å². The molecule has 0 amide bonds. The van der Waals surface area contributed by atoms with Gasteiger partial charge in [-0.3, -0.25) is 4.98 Å². The molecule has 1 aromatic rings. The first kappa shape index (κ1) is 14.6. The molecule has 1 saturated heterocycles. The third-order valence-corrected chi connectivity index (χ3v) is 3.48. The number of aliphatic imine (C=N–C) groups is 1. The number of nitrogens with two attached hydrogens (primary N) is 1. The van der Waals surface area contributed by atoms with Crippen LogP contribution in [0.1, 0.15) is 16.8 Å². The largest absolute Gasteiger partial charge is 0.496 e. The zero-order chi connectivity index (χ0) is 14.5. The summed E-state index contributed by atoms with van der Waals surface area (Å²) in [7, 11) is 1.67. The molecular formula is C14H22N4O2. The van der Waals surface area contributed by atoms with Gasteiger partial charge in [-0.1, -0.05) is 0 Å². The van der Waals surface area contributed by atoms with E-state index >= 15 is 0 Å². The minimum Gasteiger partial charge on any atom is -0.496 e. The predicted molar refractivity (Wildman–Crippen MR) is 78.0 cm³/mol. The number of aromatic nitrogens is 1. The summed E-state index contributed by atoms with van der Waals surface area (Å²) in [6.07, 6.45) is 1.81. The summed E-state index contributed by atoms with van der Waals surface area (Å²) in [5.74, 6) is 1.42. The molecule has 1 fully saturated rings. The minimum absolute atomic E-state index is 0.464. The molecule has 1 aromatic heterocycles. The number of aryl methyl sites for hydroxylation is 1. The van der Waals surface area contributed by atoms with E-state index in [0.29, 0.717) is 25.7 Å². The number of hydrogen-bond acceptors (Lipinski definition) is 4. The maximum Gasteiger partial charge on any atom is 0.191 e. The highest BCUT2D eigenvalue weighted by Gasteiger charge is 2.13. The smallest absolute Gasteiger partial charge is 0.191 e. The monoisotopic (exact) mass is 278 g/mol. The van der Waals surface area contributed by atoms with Crippen molar-refractivity contribution in [3.8, 4) is 5.75 Å². The topological polar surface area (TPSA) is 73.0 Å². The first-order valence-corrected chi connectivity index (χ1v) is 6.75. The summed E-state index contributed by atoms with van der Waals surface area (Å²) in [5, 5.41) is 0. The van der Waals surface area contributed by atoms with Crippen LogP contribution < -0.4 is 10.5 Å². The van der Waals surface area contributed by atoms with Crippen LogP contribution in [0.3, 0.4) is 0 Å². The van der Waals surface area contributed by atoms with E-state index in [1.165, 1.54) is 0 Å². The summed E-state index contributed by atoms with van der Waals surface area (Å²) < 4.78 is 10.7. The van der Waals surface area contributed by atoms with Crippen LogP contribution in [-0.2, 0) is 11.3 Å². The van der Waals surface area contributed by atoms with Gasteiger partial charge in [-0.2, -0.15) is 0 Å². The third kappa shape index (κ3) is 3.19. The van der Waals surface area contributed by atoms with Crippen LogP contribution >= 0.6 is 0 Å². The van der Waals surface area contributed by atoms with E-state index in [1.54, 1.807) is 7.11 Å². The Morgan fingerprint density at radius 1 is 1.45 bits per heavy atom. The summed E-state index contributed by atoms with van der Waals surface area (Å²) in [5.41, 5.74) is 8.95. The maximum absolute atomic E-state index is 6.01. The van der Waals surface area contributed by atoms with Crippen LogP contribution in [0.2, 0.25) is 0 Å². The Labute approximate surface area is 119 Å². The third-order valence-electron chi connectivity index (χ3n) is 3.48. The van der Waals surface area contributed by atoms with Crippen molar-refractivity contribution in [3.05, 3.63) is 23.0 Å². The van der Waals surface area contributed by atoms with Crippen molar-refractivity contribution in [1.29, 1.82) is 0 Å². The fraction of sp³-hybridized carbons (Fsp3) is 0.571. The van der Waals surface area contributed by atoms with Gasteiger partial charge in [0, 0.05) is 30.4 Å². The van der Waals surface area contributed by atoms with Gasteiger partial charge < -0.3 is 20.1 Å². The SMILES string of the molecule is COc1c(C)cnc(CN=C(N)N2CCOCC2)c1C. The van der Waals surface area contributed by atoms with Crippen LogP contribution in [0.15, 0.2) is 11.2 Å². The maximum atomic E-state index is 6.01. The van der Waals surface area contributed by atoms with E-state index in [0.717, 1.165) is 35.7 Å². The van der Waals surface area contributed by atoms with Crippen molar-refractivity contribution in [2.45, 2.75) is 20.4 Å². The molecule has 20 heavy (non-hydrogen) atoms. The first-order chi connectivity index (χ1) is 9.63. The zero-order valence-electron chi connectivity index (χ0n) is 12.3. The van der Waals surface area contributed by atoms with Crippen LogP contribution in [0.4, 0.5) is 0 Å². The van der Waals surface area contributed by atoms with E-state index in [9.17, 15) is 0 Å². The van der Waals surface area contributed by atoms with Gasteiger partial charge >= 0.3 is 0 Å². The molecule has 2 heterocycles. The molecule has 6 heteroatoms. The standard InChI is InChI=1S/C14H22N4O2/c1-10-8-16-12(11(2)13(10)19-3)9-17-14(15)18-4-6-20-7-5-18/h8H,4-7,9H2,1-3H3,(H2,15,17). The molecular weight excluding hydrogens is 256 g/mol. The summed E-state index contributed by atoms with van der Waals surface area (Å²) in [6.45, 7) is 7.42. The van der Waals surface area contributed by atoms with Gasteiger partial charge in [-0.05, 0) is 13.8 Å². The van der Waals surface area contributed by atoms with Crippen molar-refractivity contribution >= 4 is 5.96 Å². The second kappa shape index (κ2) is 6.56.